The number of carbonyl (C=O) groups is 1. The number of anilines is 1. The number of nitrogens with two attached hydrogens (primary N) is 1. The number of carbonyl (C=O) groups excluding carboxylic acids is 1. The second kappa shape index (κ2) is 7.28. The van der Waals surface area contributed by atoms with Gasteiger partial charge in [-0.25, -0.2) is 9.78 Å². The number of imidazole rings is 1. The van der Waals surface area contributed by atoms with Crippen molar-refractivity contribution in [1.82, 2.24) is 9.55 Å². The topological polar surface area (TPSA) is 87.2 Å². The molecule has 1 unspecified atom stereocenters. The van der Waals surface area contributed by atoms with E-state index in [9.17, 15) is 9.00 Å². The standard InChI is InChI=1S/C12H21N3O3S/c1-4-9-14-10(12(16)18-5-2)11(13)15(9)7-8-19(17)6-3/h4-8,13H2,1-3H3. The highest BCUT2D eigenvalue weighted by atomic mass is 32.2. The second-order valence-corrected chi connectivity index (χ2v) is 5.79. The minimum Gasteiger partial charge on any atom is -0.461 e. The molecule has 0 aliphatic heterocycles. The van der Waals surface area contributed by atoms with Gasteiger partial charge in [-0.15, -0.1) is 0 Å². The number of aryl methyl sites for hydroxylation is 1. The summed E-state index contributed by atoms with van der Waals surface area (Å²) in [5, 5.41) is 0. The number of aromatic nitrogens is 2. The Morgan fingerprint density at radius 3 is 2.63 bits per heavy atom. The minimum absolute atomic E-state index is 0.154. The largest absolute Gasteiger partial charge is 0.461 e. The van der Waals surface area contributed by atoms with Gasteiger partial charge in [0, 0.05) is 35.3 Å². The van der Waals surface area contributed by atoms with E-state index in [1.807, 2.05) is 13.8 Å². The summed E-state index contributed by atoms with van der Waals surface area (Å²) in [5.41, 5.74) is 6.09. The Balaban J connectivity index is 2.96. The lowest BCUT2D eigenvalue weighted by atomic mass is 10.4. The van der Waals surface area contributed by atoms with Crippen LogP contribution in [-0.2, 0) is 28.5 Å². The summed E-state index contributed by atoms with van der Waals surface area (Å²) in [7, 11) is -0.871. The maximum atomic E-state index is 11.7. The first kappa shape index (κ1) is 15.7. The smallest absolute Gasteiger partial charge is 0.360 e. The van der Waals surface area contributed by atoms with Crippen molar-refractivity contribution in [3.63, 3.8) is 0 Å². The van der Waals surface area contributed by atoms with Crippen molar-refractivity contribution in [2.45, 2.75) is 33.7 Å². The molecule has 0 aromatic carbocycles. The molecule has 1 aromatic heterocycles. The first-order valence-electron chi connectivity index (χ1n) is 6.42. The number of hydrogen-bond donors (Lipinski definition) is 1. The average Bonchev–Trinajstić information content (AvgIpc) is 2.72. The van der Waals surface area contributed by atoms with Crippen LogP contribution in [0.5, 0.6) is 0 Å². The Labute approximate surface area is 115 Å². The highest BCUT2D eigenvalue weighted by Crippen LogP contribution is 2.16. The minimum atomic E-state index is -0.871. The lowest BCUT2D eigenvalue weighted by Crippen LogP contribution is -2.14. The molecule has 0 saturated carbocycles. The average molecular weight is 287 g/mol. The first-order valence-corrected chi connectivity index (χ1v) is 7.90. The third-order valence-corrected chi connectivity index (χ3v) is 4.02. The molecule has 0 amide bonds. The van der Waals surface area contributed by atoms with Crippen LogP contribution >= 0.6 is 0 Å². The van der Waals surface area contributed by atoms with Gasteiger partial charge in [0.1, 0.15) is 11.6 Å². The van der Waals surface area contributed by atoms with Crippen molar-refractivity contribution in [3.05, 3.63) is 11.5 Å². The van der Waals surface area contributed by atoms with Crippen LogP contribution in [0.2, 0.25) is 0 Å². The molecule has 0 radical (unpaired) electrons. The monoisotopic (exact) mass is 287 g/mol. The molecule has 1 aromatic rings. The fraction of sp³-hybridized carbons (Fsp3) is 0.667. The Hall–Kier alpha value is -1.37. The SMILES string of the molecule is CCOC(=O)c1nc(CC)n(CCS(=O)CC)c1N. The van der Waals surface area contributed by atoms with E-state index >= 15 is 0 Å². The molecule has 7 heteroatoms. The van der Waals surface area contributed by atoms with Gasteiger partial charge in [-0.2, -0.15) is 0 Å². The zero-order chi connectivity index (χ0) is 14.4. The van der Waals surface area contributed by atoms with Crippen molar-refractivity contribution in [2.75, 3.05) is 23.8 Å². The molecular weight excluding hydrogens is 266 g/mol. The number of esters is 1. The molecule has 2 N–H and O–H groups in total. The predicted molar refractivity (Wildman–Crippen MR) is 75.5 cm³/mol. The van der Waals surface area contributed by atoms with Crippen molar-refractivity contribution >= 4 is 22.6 Å². The van der Waals surface area contributed by atoms with E-state index in [1.54, 1.807) is 11.5 Å². The number of nitrogen functional groups attached to an aromatic ring is 1. The van der Waals surface area contributed by atoms with E-state index in [4.69, 9.17) is 10.5 Å². The number of ether oxygens (including phenoxy) is 1. The summed E-state index contributed by atoms with van der Waals surface area (Å²) in [6.45, 7) is 6.33. The van der Waals surface area contributed by atoms with Crippen LogP contribution in [-0.4, -0.2) is 37.8 Å². The van der Waals surface area contributed by atoms with Crippen LogP contribution in [0, 0.1) is 0 Å². The van der Waals surface area contributed by atoms with Crippen molar-refractivity contribution < 1.29 is 13.7 Å². The Morgan fingerprint density at radius 2 is 2.11 bits per heavy atom. The van der Waals surface area contributed by atoms with Crippen LogP contribution in [0.3, 0.4) is 0 Å². The van der Waals surface area contributed by atoms with Gasteiger partial charge < -0.3 is 15.0 Å². The van der Waals surface area contributed by atoms with Gasteiger partial charge in [0.2, 0.25) is 0 Å². The summed E-state index contributed by atoms with van der Waals surface area (Å²) in [5.74, 6) is 1.62. The molecule has 0 aliphatic carbocycles. The van der Waals surface area contributed by atoms with Gasteiger partial charge in [-0.1, -0.05) is 13.8 Å². The van der Waals surface area contributed by atoms with E-state index in [1.165, 1.54) is 0 Å². The fourth-order valence-corrected chi connectivity index (χ4v) is 2.39. The number of nitrogens with zero attached hydrogens (tertiary/aromatic N) is 2. The predicted octanol–water partition coefficient (Wildman–Crippen LogP) is 0.973. The number of hydrogen-bond acceptors (Lipinski definition) is 5. The van der Waals surface area contributed by atoms with Crippen LogP contribution in [0.4, 0.5) is 5.82 Å². The van der Waals surface area contributed by atoms with Crippen LogP contribution in [0.1, 0.15) is 37.1 Å². The van der Waals surface area contributed by atoms with Crippen LogP contribution in [0.15, 0.2) is 0 Å². The molecule has 0 bridgehead atoms. The van der Waals surface area contributed by atoms with E-state index in [-0.39, 0.29) is 12.3 Å². The second-order valence-electron chi connectivity index (χ2n) is 3.92. The molecule has 0 aliphatic rings. The Bertz CT molecular complexity index is 471. The molecule has 6 nitrogen and oxygen atoms in total. The van der Waals surface area contributed by atoms with Gasteiger partial charge in [0.15, 0.2) is 5.69 Å². The molecule has 0 saturated heterocycles. The number of rotatable bonds is 7. The van der Waals surface area contributed by atoms with Crippen molar-refractivity contribution in [2.24, 2.45) is 0 Å². The van der Waals surface area contributed by atoms with E-state index in [0.717, 1.165) is 0 Å². The molecule has 0 fully saturated rings. The van der Waals surface area contributed by atoms with E-state index < -0.39 is 16.8 Å². The maximum absolute atomic E-state index is 11.7. The summed E-state index contributed by atoms with van der Waals surface area (Å²) < 4.78 is 18.1. The first-order chi connectivity index (χ1) is 9.04. The molecule has 19 heavy (non-hydrogen) atoms. The molecule has 1 atom stereocenters. The normalized spacial score (nSPS) is 12.4. The zero-order valence-electron chi connectivity index (χ0n) is 11.6. The molecule has 0 spiro atoms. The van der Waals surface area contributed by atoms with Crippen LogP contribution in [0.25, 0.3) is 0 Å². The van der Waals surface area contributed by atoms with Gasteiger partial charge in [0.05, 0.1) is 6.61 Å². The van der Waals surface area contributed by atoms with Crippen LogP contribution < -0.4 is 5.73 Å². The lowest BCUT2D eigenvalue weighted by molar-refractivity contribution is 0.0521. The molecular formula is C12H21N3O3S. The van der Waals surface area contributed by atoms with Crippen molar-refractivity contribution in [1.29, 1.82) is 0 Å². The maximum Gasteiger partial charge on any atom is 0.360 e. The summed E-state index contributed by atoms with van der Waals surface area (Å²) in [4.78, 5) is 15.9. The van der Waals surface area contributed by atoms with Gasteiger partial charge in [0.25, 0.3) is 0 Å². The third-order valence-electron chi connectivity index (χ3n) is 2.74. The Kier molecular flexibility index (Phi) is 6.01. The van der Waals surface area contributed by atoms with Gasteiger partial charge in [-0.3, -0.25) is 4.21 Å². The van der Waals surface area contributed by atoms with Gasteiger partial charge >= 0.3 is 5.97 Å². The zero-order valence-corrected chi connectivity index (χ0v) is 12.5. The van der Waals surface area contributed by atoms with E-state index in [0.29, 0.717) is 36.1 Å². The Morgan fingerprint density at radius 1 is 1.42 bits per heavy atom. The molecule has 1 rings (SSSR count). The summed E-state index contributed by atoms with van der Waals surface area (Å²) >= 11 is 0. The van der Waals surface area contributed by atoms with E-state index in [2.05, 4.69) is 4.98 Å². The highest BCUT2D eigenvalue weighted by molar-refractivity contribution is 7.84. The quantitative estimate of drug-likeness (QED) is 0.755. The lowest BCUT2D eigenvalue weighted by Gasteiger charge is -2.08. The summed E-state index contributed by atoms with van der Waals surface area (Å²) in [6, 6.07) is 0. The summed E-state index contributed by atoms with van der Waals surface area (Å²) in [6.07, 6.45) is 0.655. The van der Waals surface area contributed by atoms with Gasteiger partial charge in [-0.05, 0) is 6.92 Å². The molecule has 108 valence electrons. The fourth-order valence-electron chi connectivity index (χ4n) is 1.72. The van der Waals surface area contributed by atoms with Crippen molar-refractivity contribution in [3.8, 4) is 0 Å². The molecule has 1 heterocycles. The third kappa shape index (κ3) is 3.79. The highest BCUT2D eigenvalue weighted by Gasteiger charge is 2.20.